The molecule has 6 nitrogen and oxygen atoms in total. The first kappa shape index (κ1) is 19.4. The van der Waals surface area contributed by atoms with Gasteiger partial charge >= 0.3 is 0 Å². The molecule has 128 valence electrons. The summed E-state index contributed by atoms with van der Waals surface area (Å²) in [4.78, 5) is 24.1. The van der Waals surface area contributed by atoms with Gasteiger partial charge in [0.15, 0.2) is 0 Å². The van der Waals surface area contributed by atoms with Gasteiger partial charge < -0.3 is 20.8 Å². The number of benzene rings is 1. The molecule has 2 amide bonds. The van der Waals surface area contributed by atoms with Crippen LogP contribution in [0, 0.1) is 0 Å². The molecule has 0 unspecified atom stereocenters. The third kappa shape index (κ3) is 6.99. The lowest BCUT2D eigenvalue weighted by Crippen LogP contribution is -2.46. The Labute approximate surface area is 140 Å². The van der Waals surface area contributed by atoms with E-state index >= 15 is 0 Å². The maximum Gasteiger partial charge on any atom is 0.251 e. The molecule has 7 heteroatoms. The maximum absolute atomic E-state index is 12.2. The van der Waals surface area contributed by atoms with Crippen molar-refractivity contribution in [3.63, 3.8) is 0 Å². The van der Waals surface area contributed by atoms with Crippen LogP contribution in [0.25, 0.3) is 0 Å². The van der Waals surface area contributed by atoms with Crippen molar-refractivity contribution in [2.24, 2.45) is 0 Å². The maximum atomic E-state index is 12.2. The number of rotatable bonds is 6. The van der Waals surface area contributed by atoms with Crippen LogP contribution in [-0.4, -0.2) is 39.8 Å². The number of anilines is 1. The lowest BCUT2D eigenvalue weighted by Gasteiger charge is -2.23. The number of hydrogen-bond acceptors (Lipinski definition) is 4. The molecule has 0 fully saturated rings. The zero-order chi connectivity index (χ0) is 17.8. The van der Waals surface area contributed by atoms with E-state index in [9.17, 15) is 19.8 Å². The quantitative estimate of drug-likeness (QED) is 0.635. The van der Waals surface area contributed by atoms with Crippen molar-refractivity contribution in [1.82, 2.24) is 5.32 Å². The lowest BCUT2D eigenvalue weighted by atomic mass is 10.0. The number of halogens is 1. The second-order valence-corrected chi connectivity index (χ2v) is 7.20. The minimum absolute atomic E-state index is 0.0847. The van der Waals surface area contributed by atoms with Crippen molar-refractivity contribution in [3.05, 3.63) is 28.8 Å². The van der Waals surface area contributed by atoms with Crippen LogP contribution in [0.1, 0.15) is 44.5 Å². The summed E-state index contributed by atoms with van der Waals surface area (Å²) < 4.78 is 0. The predicted octanol–water partition coefficient (Wildman–Crippen LogP) is 1.94. The van der Waals surface area contributed by atoms with Crippen molar-refractivity contribution < 1.29 is 19.8 Å². The molecule has 0 saturated heterocycles. The molecule has 1 aromatic carbocycles. The first-order valence-corrected chi connectivity index (χ1v) is 7.56. The molecule has 0 aliphatic carbocycles. The Balaban J connectivity index is 2.91. The summed E-state index contributed by atoms with van der Waals surface area (Å²) in [6.07, 6.45) is -0.0847. The molecule has 0 aliphatic rings. The second kappa shape index (κ2) is 7.29. The standard InChI is InChI=1S/C16H23ClN2O4/c1-15(2,9-20)19-14(22)10-5-11(17)7-12(6-10)18-13(21)8-16(3,4)23/h5-7,20,23H,8-9H2,1-4H3,(H,18,21)(H,19,22). The van der Waals surface area contributed by atoms with Gasteiger partial charge in [-0.3, -0.25) is 9.59 Å². The van der Waals surface area contributed by atoms with Crippen molar-refractivity contribution in [2.45, 2.75) is 45.3 Å². The molecule has 4 N–H and O–H groups in total. The highest BCUT2D eigenvalue weighted by molar-refractivity contribution is 6.31. The molecule has 0 radical (unpaired) electrons. The van der Waals surface area contributed by atoms with E-state index < -0.39 is 17.0 Å². The average Bonchev–Trinajstić information content (AvgIpc) is 2.35. The highest BCUT2D eigenvalue weighted by Crippen LogP contribution is 2.21. The summed E-state index contributed by atoms with van der Waals surface area (Å²) in [6.45, 7) is 6.21. The highest BCUT2D eigenvalue weighted by Gasteiger charge is 2.21. The Bertz CT molecular complexity index is 594. The smallest absolute Gasteiger partial charge is 0.251 e. The Kier molecular flexibility index (Phi) is 6.16. The molecular formula is C16H23ClN2O4. The molecule has 0 spiro atoms. The first-order valence-electron chi connectivity index (χ1n) is 7.18. The monoisotopic (exact) mass is 342 g/mol. The number of carbonyl (C=O) groups excluding carboxylic acids is 2. The molecule has 0 heterocycles. The highest BCUT2D eigenvalue weighted by atomic mass is 35.5. The van der Waals surface area contributed by atoms with Crippen molar-refractivity contribution in [1.29, 1.82) is 0 Å². The molecule has 0 aliphatic heterocycles. The molecule has 1 aromatic rings. The minimum Gasteiger partial charge on any atom is -0.394 e. The Hall–Kier alpha value is -1.63. The van der Waals surface area contributed by atoms with Gasteiger partial charge in [-0.15, -0.1) is 0 Å². The van der Waals surface area contributed by atoms with Crippen LogP contribution >= 0.6 is 11.6 Å². The zero-order valence-corrected chi connectivity index (χ0v) is 14.5. The molecule has 0 bridgehead atoms. The van der Waals surface area contributed by atoms with Crippen molar-refractivity contribution in [3.8, 4) is 0 Å². The fourth-order valence-corrected chi connectivity index (χ4v) is 2.05. The number of aliphatic hydroxyl groups excluding tert-OH is 1. The molecule has 0 atom stereocenters. The van der Waals surface area contributed by atoms with E-state index in [1.807, 2.05) is 0 Å². The van der Waals surface area contributed by atoms with Gasteiger partial charge in [-0.2, -0.15) is 0 Å². The van der Waals surface area contributed by atoms with Gasteiger partial charge in [0, 0.05) is 16.3 Å². The Morgan fingerprint density at radius 3 is 2.30 bits per heavy atom. The third-order valence-corrected chi connectivity index (χ3v) is 3.10. The van der Waals surface area contributed by atoms with Gasteiger partial charge in [-0.1, -0.05) is 11.6 Å². The molecule has 23 heavy (non-hydrogen) atoms. The van der Waals surface area contributed by atoms with Gasteiger partial charge in [0.2, 0.25) is 5.91 Å². The molecular weight excluding hydrogens is 320 g/mol. The summed E-state index contributed by atoms with van der Waals surface area (Å²) in [6, 6.07) is 4.46. The fourth-order valence-electron chi connectivity index (χ4n) is 1.81. The van der Waals surface area contributed by atoms with Crippen LogP contribution in [0.2, 0.25) is 5.02 Å². The van der Waals surface area contributed by atoms with Gasteiger partial charge in [0.25, 0.3) is 5.91 Å². The van der Waals surface area contributed by atoms with Crippen LogP contribution in [0.5, 0.6) is 0 Å². The van der Waals surface area contributed by atoms with Crippen LogP contribution in [0.15, 0.2) is 18.2 Å². The second-order valence-electron chi connectivity index (χ2n) is 6.76. The van der Waals surface area contributed by atoms with Gasteiger partial charge in [-0.05, 0) is 45.9 Å². The van der Waals surface area contributed by atoms with Gasteiger partial charge in [-0.25, -0.2) is 0 Å². The summed E-state index contributed by atoms with van der Waals surface area (Å²) in [5.41, 5.74) is -1.28. The van der Waals surface area contributed by atoms with Gasteiger partial charge in [0.1, 0.15) is 0 Å². The normalized spacial score (nSPS) is 12.0. The van der Waals surface area contributed by atoms with Crippen LogP contribution in [0.3, 0.4) is 0 Å². The third-order valence-electron chi connectivity index (χ3n) is 2.88. The van der Waals surface area contributed by atoms with E-state index in [0.29, 0.717) is 5.69 Å². The number of nitrogens with one attached hydrogen (secondary N) is 2. The topological polar surface area (TPSA) is 98.7 Å². The first-order chi connectivity index (χ1) is 10.4. The van der Waals surface area contributed by atoms with Crippen LogP contribution in [-0.2, 0) is 4.79 Å². The van der Waals surface area contributed by atoms with Crippen LogP contribution in [0.4, 0.5) is 5.69 Å². The number of amides is 2. The SMILES string of the molecule is CC(C)(O)CC(=O)Nc1cc(Cl)cc(C(=O)NC(C)(C)CO)c1. The van der Waals surface area contributed by atoms with Crippen molar-refractivity contribution >= 4 is 29.1 Å². The van der Waals surface area contributed by atoms with E-state index in [1.165, 1.54) is 32.0 Å². The van der Waals surface area contributed by atoms with E-state index in [-0.39, 0.29) is 29.5 Å². The van der Waals surface area contributed by atoms with Crippen molar-refractivity contribution in [2.75, 3.05) is 11.9 Å². The predicted molar refractivity (Wildman–Crippen MR) is 89.6 cm³/mol. The van der Waals surface area contributed by atoms with Gasteiger partial charge in [0.05, 0.1) is 24.2 Å². The summed E-state index contributed by atoms with van der Waals surface area (Å²) >= 11 is 5.99. The number of hydrogen-bond donors (Lipinski definition) is 4. The van der Waals surface area contributed by atoms with E-state index in [4.69, 9.17) is 11.6 Å². The summed E-state index contributed by atoms with van der Waals surface area (Å²) in [7, 11) is 0. The summed E-state index contributed by atoms with van der Waals surface area (Å²) in [5, 5.41) is 24.4. The number of carbonyl (C=O) groups is 2. The number of aliphatic hydroxyl groups is 2. The average molecular weight is 343 g/mol. The largest absolute Gasteiger partial charge is 0.394 e. The fraction of sp³-hybridized carbons (Fsp3) is 0.500. The molecule has 1 rings (SSSR count). The minimum atomic E-state index is -1.13. The lowest BCUT2D eigenvalue weighted by molar-refractivity contribution is -0.119. The zero-order valence-electron chi connectivity index (χ0n) is 13.7. The molecule has 0 aromatic heterocycles. The summed E-state index contributed by atoms with van der Waals surface area (Å²) in [5.74, 6) is -0.800. The van der Waals surface area contributed by atoms with E-state index in [1.54, 1.807) is 13.8 Å². The van der Waals surface area contributed by atoms with E-state index in [0.717, 1.165) is 0 Å². The molecule has 0 saturated carbocycles. The van der Waals surface area contributed by atoms with E-state index in [2.05, 4.69) is 10.6 Å². The Morgan fingerprint density at radius 2 is 1.78 bits per heavy atom. The van der Waals surface area contributed by atoms with Crippen LogP contribution < -0.4 is 10.6 Å². The Morgan fingerprint density at radius 1 is 1.17 bits per heavy atom.